The summed E-state index contributed by atoms with van der Waals surface area (Å²) in [5.41, 5.74) is 0.861. The molecule has 2 aliphatic rings. The first-order valence-corrected chi connectivity index (χ1v) is 7.84. The Bertz CT molecular complexity index is 390. The number of hydrogen-bond donors (Lipinski definition) is 0. The summed E-state index contributed by atoms with van der Waals surface area (Å²) in [5.74, 6) is 0.219. The minimum atomic E-state index is 0.219. The van der Waals surface area contributed by atoms with Gasteiger partial charge in [0.05, 0.1) is 5.56 Å². The SMILES string of the molecule is O=C(c1ccsc1)N1CCC(N2CCCC2)CC1. The number of nitrogens with zero attached hydrogens (tertiary/aromatic N) is 2. The van der Waals surface area contributed by atoms with Crippen molar-refractivity contribution in [2.75, 3.05) is 26.2 Å². The molecule has 2 aliphatic heterocycles. The average molecular weight is 264 g/mol. The minimum Gasteiger partial charge on any atom is -0.339 e. The number of carbonyl (C=O) groups excluding carboxylic acids is 1. The highest BCUT2D eigenvalue weighted by Gasteiger charge is 2.28. The largest absolute Gasteiger partial charge is 0.339 e. The van der Waals surface area contributed by atoms with E-state index in [-0.39, 0.29) is 5.91 Å². The van der Waals surface area contributed by atoms with E-state index in [1.54, 1.807) is 11.3 Å². The van der Waals surface area contributed by atoms with Gasteiger partial charge in [-0.25, -0.2) is 0 Å². The van der Waals surface area contributed by atoms with Crippen molar-refractivity contribution in [3.63, 3.8) is 0 Å². The lowest BCUT2D eigenvalue weighted by Crippen LogP contribution is -2.45. The number of rotatable bonds is 2. The Morgan fingerprint density at radius 2 is 1.89 bits per heavy atom. The molecule has 4 heteroatoms. The zero-order valence-corrected chi connectivity index (χ0v) is 11.5. The van der Waals surface area contributed by atoms with Crippen molar-refractivity contribution < 1.29 is 4.79 Å². The Morgan fingerprint density at radius 1 is 1.17 bits per heavy atom. The molecule has 1 aromatic rings. The zero-order chi connectivity index (χ0) is 12.4. The lowest BCUT2D eigenvalue weighted by molar-refractivity contribution is 0.0645. The normalized spacial score (nSPS) is 22.6. The molecule has 1 aromatic heterocycles. The van der Waals surface area contributed by atoms with Crippen LogP contribution in [0.3, 0.4) is 0 Å². The highest BCUT2D eigenvalue weighted by molar-refractivity contribution is 7.08. The number of piperidine rings is 1. The quantitative estimate of drug-likeness (QED) is 0.819. The summed E-state index contributed by atoms with van der Waals surface area (Å²) >= 11 is 1.60. The molecule has 0 N–H and O–H groups in total. The second kappa shape index (κ2) is 5.41. The molecule has 0 atom stereocenters. The van der Waals surface area contributed by atoms with Crippen LogP contribution in [-0.2, 0) is 0 Å². The van der Waals surface area contributed by atoms with Crippen molar-refractivity contribution >= 4 is 17.2 Å². The molecular formula is C14H20N2OS. The van der Waals surface area contributed by atoms with Crippen molar-refractivity contribution in [3.05, 3.63) is 22.4 Å². The third-order valence-electron chi connectivity index (χ3n) is 4.18. The van der Waals surface area contributed by atoms with E-state index in [9.17, 15) is 4.79 Å². The second-order valence-electron chi connectivity index (χ2n) is 5.28. The van der Waals surface area contributed by atoms with Crippen molar-refractivity contribution in [2.45, 2.75) is 31.7 Å². The van der Waals surface area contributed by atoms with Gasteiger partial charge in [0.1, 0.15) is 0 Å². The molecule has 0 aliphatic carbocycles. The zero-order valence-electron chi connectivity index (χ0n) is 10.7. The maximum absolute atomic E-state index is 12.2. The van der Waals surface area contributed by atoms with Gasteiger partial charge in [-0.3, -0.25) is 4.79 Å². The number of thiophene rings is 1. The molecule has 0 aromatic carbocycles. The maximum atomic E-state index is 12.2. The fraction of sp³-hybridized carbons (Fsp3) is 0.643. The highest BCUT2D eigenvalue weighted by atomic mass is 32.1. The van der Waals surface area contributed by atoms with Gasteiger partial charge in [-0.2, -0.15) is 11.3 Å². The minimum absolute atomic E-state index is 0.219. The van der Waals surface area contributed by atoms with Crippen molar-refractivity contribution in [2.24, 2.45) is 0 Å². The monoisotopic (exact) mass is 264 g/mol. The standard InChI is InChI=1S/C14H20N2OS/c17-14(12-5-10-18-11-12)16-8-3-13(4-9-16)15-6-1-2-7-15/h5,10-11,13H,1-4,6-9H2. The highest BCUT2D eigenvalue weighted by Crippen LogP contribution is 2.22. The van der Waals surface area contributed by atoms with Gasteiger partial charge in [0, 0.05) is 24.5 Å². The van der Waals surface area contributed by atoms with Gasteiger partial charge in [-0.1, -0.05) is 0 Å². The summed E-state index contributed by atoms with van der Waals surface area (Å²) in [6, 6.07) is 2.65. The Balaban J connectivity index is 1.55. The predicted molar refractivity (Wildman–Crippen MR) is 74.1 cm³/mol. The topological polar surface area (TPSA) is 23.6 Å². The summed E-state index contributed by atoms with van der Waals surface area (Å²) in [6.07, 6.45) is 5.01. The van der Waals surface area contributed by atoms with E-state index in [0.29, 0.717) is 0 Å². The molecule has 3 rings (SSSR count). The summed E-state index contributed by atoms with van der Waals surface area (Å²) in [5, 5.41) is 3.93. The summed E-state index contributed by atoms with van der Waals surface area (Å²) in [4.78, 5) is 16.8. The molecule has 0 unspecified atom stereocenters. The van der Waals surface area contributed by atoms with Crippen LogP contribution in [0.4, 0.5) is 0 Å². The Hall–Kier alpha value is -0.870. The molecule has 3 nitrogen and oxygen atoms in total. The van der Waals surface area contributed by atoms with E-state index < -0.39 is 0 Å². The molecule has 18 heavy (non-hydrogen) atoms. The average Bonchev–Trinajstić information content (AvgIpc) is 3.11. The van der Waals surface area contributed by atoms with Crippen LogP contribution in [0.2, 0.25) is 0 Å². The third kappa shape index (κ3) is 2.45. The van der Waals surface area contributed by atoms with Crippen LogP contribution < -0.4 is 0 Å². The number of likely N-dealkylation sites (tertiary alicyclic amines) is 2. The third-order valence-corrected chi connectivity index (χ3v) is 4.86. The van der Waals surface area contributed by atoms with Crippen LogP contribution in [0.5, 0.6) is 0 Å². The molecule has 0 saturated carbocycles. The molecule has 98 valence electrons. The van der Waals surface area contributed by atoms with Crippen molar-refractivity contribution in [1.29, 1.82) is 0 Å². The number of amides is 1. The molecule has 2 saturated heterocycles. The molecular weight excluding hydrogens is 244 g/mol. The van der Waals surface area contributed by atoms with Crippen molar-refractivity contribution in [1.82, 2.24) is 9.80 Å². The van der Waals surface area contributed by atoms with E-state index in [1.807, 2.05) is 21.7 Å². The van der Waals surface area contributed by atoms with Crippen LogP contribution in [0.1, 0.15) is 36.0 Å². The summed E-state index contributed by atoms with van der Waals surface area (Å²) in [6.45, 7) is 4.39. The van der Waals surface area contributed by atoms with Crippen molar-refractivity contribution in [3.8, 4) is 0 Å². The fourth-order valence-electron chi connectivity index (χ4n) is 3.11. The fourth-order valence-corrected chi connectivity index (χ4v) is 3.74. The smallest absolute Gasteiger partial charge is 0.254 e. The van der Waals surface area contributed by atoms with E-state index in [4.69, 9.17) is 0 Å². The number of carbonyl (C=O) groups is 1. The Morgan fingerprint density at radius 3 is 2.50 bits per heavy atom. The van der Waals surface area contributed by atoms with Gasteiger partial charge in [0.15, 0.2) is 0 Å². The first-order chi connectivity index (χ1) is 8.84. The predicted octanol–water partition coefficient (Wildman–Crippen LogP) is 2.45. The van der Waals surface area contributed by atoms with E-state index in [1.165, 1.54) is 25.9 Å². The second-order valence-corrected chi connectivity index (χ2v) is 6.06. The van der Waals surface area contributed by atoms with Crippen LogP contribution in [0, 0.1) is 0 Å². The van der Waals surface area contributed by atoms with Crippen LogP contribution >= 0.6 is 11.3 Å². The van der Waals surface area contributed by atoms with Gasteiger partial charge in [0.25, 0.3) is 5.91 Å². The first kappa shape index (κ1) is 12.2. The lowest BCUT2D eigenvalue weighted by atomic mass is 10.0. The molecule has 3 heterocycles. The molecule has 0 bridgehead atoms. The maximum Gasteiger partial charge on any atom is 0.254 e. The van der Waals surface area contributed by atoms with Gasteiger partial charge >= 0.3 is 0 Å². The summed E-state index contributed by atoms with van der Waals surface area (Å²) < 4.78 is 0. The van der Waals surface area contributed by atoms with Gasteiger partial charge in [0.2, 0.25) is 0 Å². The summed E-state index contributed by atoms with van der Waals surface area (Å²) in [7, 11) is 0. The Kier molecular flexibility index (Phi) is 3.66. The van der Waals surface area contributed by atoms with E-state index >= 15 is 0 Å². The van der Waals surface area contributed by atoms with Crippen LogP contribution in [0.15, 0.2) is 16.8 Å². The van der Waals surface area contributed by atoms with E-state index in [0.717, 1.165) is 37.5 Å². The number of hydrogen-bond acceptors (Lipinski definition) is 3. The lowest BCUT2D eigenvalue weighted by Gasteiger charge is -2.36. The van der Waals surface area contributed by atoms with Gasteiger partial charge < -0.3 is 9.80 Å². The van der Waals surface area contributed by atoms with E-state index in [2.05, 4.69) is 4.90 Å². The Labute approximate surface area is 112 Å². The molecule has 2 fully saturated rings. The first-order valence-electron chi connectivity index (χ1n) is 6.90. The molecule has 1 amide bonds. The molecule has 0 spiro atoms. The van der Waals surface area contributed by atoms with Gasteiger partial charge in [-0.15, -0.1) is 0 Å². The van der Waals surface area contributed by atoms with Crippen LogP contribution in [-0.4, -0.2) is 47.9 Å². The van der Waals surface area contributed by atoms with Gasteiger partial charge in [-0.05, 0) is 50.2 Å². The molecule has 0 radical (unpaired) electrons. The van der Waals surface area contributed by atoms with Crippen LogP contribution in [0.25, 0.3) is 0 Å².